The zero-order chi connectivity index (χ0) is 76.4. The summed E-state index contributed by atoms with van der Waals surface area (Å²) in [7, 11) is -24.8. The van der Waals surface area contributed by atoms with E-state index < -0.39 is 47.3 Å². The Labute approximate surface area is 716 Å². The molecule has 0 unspecified atom stereocenters. The maximum atomic E-state index is 9.87. The molecule has 0 aliphatic carbocycles. The molecule has 24 heteroatoms. The zero-order valence-corrected chi connectivity index (χ0v) is 74.8. The van der Waals surface area contributed by atoms with Crippen molar-refractivity contribution in [2.24, 2.45) is 0 Å². The Morgan fingerprint density at radius 1 is 0.164 bits per heavy atom. The molecule has 0 aliphatic heterocycles. The van der Waals surface area contributed by atoms with Crippen LogP contribution >= 0.6 is 47.3 Å². The van der Waals surface area contributed by atoms with Crippen molar-refractivity contribution in [1.29, 1.82) is 0 Å². The first kappa shape index (κ1) is 98.4. The largest absolute Gasteiger partial charge is 1.00 e. The van der Waals surface area contributed by atoms with Gasteiger partial charge in [0.2, 0.25) is 0 Å². The average Bonchev–Trinajstić information content (AvgIpc) is 0.782. The van der Waals surface area contributed by atoms with Crippen molar-refractivity contribution in [2.75, 3.05) is 0 Å². The summed E-state index contributed by atoms with van der Waals surface area (Å²) in [6.45, 7) is 4.10. The van der Waals surface area contributed by atoms with Gasteiger partial charge in [-0.25, -0.2) is 0 Å². The van der Waals surface area contributed by atoms with Gasteiger partial charge in [-0.1, -0.05) is 278 Å². The van der Waals surface area contributed by atoms with Gasteiger partial charge in [-0.05, 0) is 159 Å². The molecule has 0 atom stereocenters. The molecule has 0 amide bonds. The first-order valence-electron chi connectivity index (χ1n) is 33.0. The van der Waals surface area contributed by atoms with Crippen LogP contribution in [0, 0.1) is 13.8 Å². The van der Waals surface area contributed by atoms with E-state index in [1.807, 2.05) is 48.5 Å². The van der Waals surface area contributed by atoms with Crippen LogP contribution in [0.15, 0.2) is 422 Å². The van der Waals surface area contributed by atoms with Gasteiger partial charge < -0.3 is 25.3 Å². The van der Waals surface area contributed by atoms with Crippen molar-refractivity contribution >= 4 is 136 Å². The summed E-state index contributed by atoms with van der Waals surface area (Å²) in [6, 6.07) is 146. The fraction of sp³-hybridized carbons (Fsp3) is 0.0233. The second-order valence-corrected chi connectivity index (χ2v) is 38.1. The van der Waals surface area contributed by atoms with Gasteiger partial charge in [0.15, 0.2) is 0 Å². The van der Waals surface area contributed by atoms with Crippen LogP contribution in [0.4, 0.5) is 50.4 Å². The van der Waals surface area contributed by atoms with E-state index >= 15 is 0 Å². The number of halogens is 12. The Morgan fingerprint density at radius 3 is 0.318 bits per heavy atom. The second-order valence-electron chi connectivity index (χ2n) is 23.4. The molecule has 0 N–H and O–H groups in total. The van der Waals surface area contributed by atoms with Crippen LogP contribution < -0.4 is 63.7 Å². The van der Waals surface area contributed by atoms with Crippen molar-refractivity contribution in [3.63, 3.8) is 0 Å². The number of hydrogen-bond donors (Lipinski definition) is 0. The van der Waals surface area contributed by atoms with Gasteiger partial charge in [0, 0.05) is 0 Å². The minimum absolute atomic E-state index is 0. The third kappa shape index (κ3) is 41.8. The Morgan fingerprint density at radius 2 is 0.245 bits per heavy atom. The molecule has 0 radical (unpaired) electrons. The van der Waals surface area contributed by atoms with E-state index in [1.165, 1.54) is 74.8 Å². The topological polar surface area (TPSA) is 0 Å². The van der Waals surface area contributed by atoms with E-state index in [-0.39, 0.29) is 89.5 Å². The molecule has 14 rings (SSSR count). The van der Waals surface area contributed by atoms with Crippen molar-refractivity contribution in [1.82, 2.24) is 0 Å². The third-order valence-corrected chi connectivity index (χ3v) is 26.3. The fourth-order valence-corrected chi connectivity index (χ4v) is 20.9. The van der Waals surface area contributed by atoms with Gasteiger partial charge in [0.25, 0.3) is 0 Å². The van der Waals surface area contributed by atoms with Crippen LogP contribution in [-0.2, 0) is 115 Å². The average molecular weight is 2380 g/mol. The van der Waals surface area contributed by atoms with E-state index in [4.69, 9.17) is 25.3 Å². The van der Waals surface area contributed by atoms with Crippen molar-refractivity contribution in [3.8, 4) is 0 Å². The molecule has 0 bridgehead atoms. The molecule has 0 saturated heterocycles. The van der Waals surface area contributed by atoms with Crippen molar-refractivity contribution < 1.29 is 140 Å². The molecule has 0 aromatic heterocycles. The number of hydrogen-bond acceptors (Lipinski definition) is 2. The van der Waals surface area contributed by atoms with E-state index in [9.17, 15) is 50.4 Å². The van der Waals surface area contributed by atoms with Gasteiger partial charge in [0.1, 0.15) is 63.7 Å². The molecule has 0 fully saturated rings. The Kier molecular flexibility index (Phi) is 41.6. The molecule has 588 valence electrons. The maximum Gasteiger partial charge on any atom is 1.00 e. The van der Waals surface area contributed by atoms with Gasteiger partial charge in [-0.15, -0.1) is 0 Å². The molecule has 110 heavy (non-hydrogen) atoms. The summed E-state index contributed by atoms with van der Waals surface area (Å²) in [5.41, 5.74) is 2.53. The van der Waals surface area contributed by atoms with Crippen LogP contribution in [0.3, 0.4) is 0 Å². The normalized spacial score (nSPS) is 11.6. The number of benzene rings is 14. The minimum Gasteiger partial charge on any atom is -0.0620 e. The third-order valence-electron chi connectivity index (χ3n) is 14.8. The van der Waals surface area contributed by atoms with Gasteiger partial charge >= 0.3 is 156 Å². The molecule has 0 heterocycles. The van der Waals surface area contributed by atoms with Crippen LogP contribution in [0.5, 0.6) is 0 Å². The minimum atomic E-state index is -10.7. The van der Waals surface area contributed by atoms with Crippen LogP contribution in [0.1, 0.15) is 11.1 Å². The van der Waals surface area contributed by atoms with Crippen LogP contribution in [0.25, 0.3) is 0 Å². The molecule has 0 saturated carbocycles. The van der Waals surface area contributed by atoms with Crippen molar-refractivity contribution in [3.05, 3.63) is 424 Å². The summed E-state index contributed by atoms with van der Waals surface area (Å²) in [5, 5.41) is 17.2. The van der Waals surface area contributed by atoms with E-state index in [2.05, 4.69) is 378 Å². The molecular weight excluding hydrogens is 2300 g/mol. The quantitative estimate of drug-likeness (QED) is 0.0517. The first-order valence-corrected chi connectivity index (χ1v) is 43.9. The monoisotopic (exact) mass is 2380 g/mol. The molecule has 14 aromatic carbocycles. The Bertz CT molecular complexity index is 3770. The van der Waals surface area contributed by atoms with Gasteiger partial charge in [-0.3, -0.25) is 0 Å². The molecular formula is C86H78Au4F12P6S2+4. The molecule has 0 aliphatic rings. The van der Waals surface area contributed by atoms with E-state index in [0.29, 0.717) is 0 Å². The summed E-state index contributed by atoms with van der Waals surface area (Å²) in [6.07, 6.45) is 0. The van der Waals surface area contributed by atoms with E-state index in [0.717, 1.165) is 9.79 Å². The first-order chi connectivity index (χ1) is 50.3. The Balaban J connectivity index is 0.000000335. The SMILES string of the molecule is Cc1ccc([S-])cc1.Cc1ccc([S-])cc1.F[P-](F)(F)(F)(F)F.F[P-](F)(F)(F)(F)F.[Au+].[Au+].[Au+].[Au+].c1ccc([PH+](c2ccccc2)c2ccccc2)cc1.c1ccc([PH+](c2ccccc2)c2ccccc2)cc1.c1ccc([PH+](c2ccccc2)c2ccccc2)cc1.c1ccc([PH+](c2ccccc2)c2ccccc2)cc1. The smallest absolute Gasteiger partial charge is 0.0620 e. The summed E-state index contributed by atoms with van der Waals surface area (Å²) in [5.74, 6) is 0. The zero-order valence-electron chi connectivity index (χ0n) is 58.7. The van der Waals surface area contributed by atoms with Gasteiger partial charge in [-0.2, -0.15) is 9.79 Å². The van der Waals surface area contributed by atoms with Gasteiger partial charge in [0.05, 0.1) is 31.7 Å². The standard InChI is InChI=1S/4C18H15P.2C7H8S.4Au.2F6P/c4*1-4-10-16(11-5-1)19(17-12-6-2-7-13-17)18-14-8-3-9-15-18;2*1-6-2-4-7(8)5-3-6;;;;;2*1-7(2,3,4,5)6/h4*1-15H;2*2-5,8H,1H3;;;;;;/q;;;;;;4*+1;2*-1/p+2. The van der Waals surface area contributed by atoms with Crippen molar-refractivity contribution in [2.45, 2.75) is 23.6 Å². The Hall–Kier alpha value is -5.78. The predicted octanol–water partition coefficient (Wildman–Crippen LogP) is 23.3. The fourth-order valence-electron chi connectivity index (χ4n) is 10.3. The van der Waals surface area contributed by atoms with Crippen LogP contribution in [0.2, 0.25) is 0 Å². The summed E-state index contributed by atoms with van der Waals surface area (Å²) < 4.78 is 118. The van der Waals surface area contributed by atoms with Crippen LogP contribution in [-0.4, -0.2) is 0 Å². The molecule has 14 aromatic rings. The number of aryl methyl sites for hydroxylation is 2. The number of rotatable bonds is 12. The summed E-state index contributed by atoms with van der Waals surface area (Å²) >= 11 is 9.74. The predicted molar refractivity (Wildman–Crippen MR) is 447 cm³/mol. The summed E-state index contributed by atoms with van der Waals surface area (Å²) in [4.78, 5) is 1.83. The maximum absolute atomic E-state index is 10.7. The molecule has 0 spiro atoms. The molecule has 0 nitrogen and oxygen atoms in total. The second kappa shape index (κ2) is 46.5. The van der Waals surface area contributed by atoms with E-state index in [1.54, 1.807) is 0 Å².